The molecule has 20 heavy (non-hydrogen) atoms. The first-order valence-electron chi connectivity index (χ1n) is 6.77. The van der Waals surface area contributed by atoms with Crippen molar-refractivity contribution in [3.63, 3.8) is 0 Å². The van der Waals surface area contributed by atoms with Crippen molar-refractivity contribution in [3.05, 3.63) is 41.9 Å². The maximum absolute atomic E-state index is 4.62. The molecule has 0 aliphatic heterocycles. The lowest BCUT2D eigenvalue weighted by Crippen LogP contribution is -1.91. The molecule has 0 unspecified atom stereocenters. The van der Waals surface area contributed by atoms with Crippen LogP contribution in [0.1, 0.15) is 30.3 Å². The highest BCUT2D eigenvalue weighted by Crippen LogP contribution is 2.39. The van der Waals surface area contributed by atoms with Crippen LogP contribution in [0.2, 0.25) is 0 Å². The van der Waals surface area contributed by atoms with E-state index in [1.54, 1.807) is 11.8 Å². The van der Waals surface area contributed by atoms with Gasteiger partial charge in [-0.3, -0.25) is 0 Å². The Labute approximate surface area is 121 Å². The van der Waals surface area contributed by atoms with E-state index in [0.717, 1.165) is 32.7 Å². The van der Waals surface area contributed by atoms with E-state index in [2.05, 4.69) is 32.1 Å². The monoisotopic (exact) mass is 282 g/mol. The molecule has 1 aliphatic rings. The largest absolute Gasteiger partial charge is 0.339 e. The van der Waals surface area contributed by atoms with Gasteiger partial charge >= 0.3 is 0 Å². The average Bonchev–Trinajstić information content (AvgIpc) is 3.20. The fourth-order valence-electron chi connectivity index (χ4n) is 2.22. The summed E-state index contributed by atoms with van der Waals surface area (Å²) in [7, 11) is 0. The topological polar surface area (TPSA) is 54.5 Å². The molecule has 1 fully saturated rings. The number of benzene rings is 1. The molecule has 1 saturated carbocycles. The maximum atomic E-state index is 4.62. The van der Waals surface area contributed by atoms with Crippen LogP contribution in [0, 0.1) is 6.92 Å². The van der Waals surface area contributed by atoms with Gasteiger partial charge in [-0.2, -0.15) is 0 Å². The molecule has 1 aliphatic carbocycles. The standard InChI is InChI=1S/C15H14N4S/c1-9-12-14(18-13(17-12)10-7-8-10)19-15(16-9)20-11-5-3-2-4-6-11/h2-6,10H,7-8H2,1H3,(H,16,17,18,19). The lowest BCUT2D eigenvalue weighted by molar-refractivity contribution is 0.957. The van der Waals surface area contributed by atoms with Crippen molar-refractivity contribution in [1.29, 1.82) is 0 Å². The summed E-state index contributed by atoms with van der Waals surface area (Å²) in [5, 5.41) is 0.759. The van der Waals surface area contributed by atoms with Crippen LogP contribution >= 0.6 is 11.8 Å². The third kappa shape index (κ3) is 2.18. The van der Waals surface area contributed by atoms with Gasteiger partial charge in [0.05, 0.1) is 5.69 Å². The highest BCUT2D eigenvalue weighted by molar-refractivity contribution is 7.99. The van der Waals surface area contributed by atoms with Crippen molar-refractivity contribution in [3.8, 4) is 0 Å². The van der Waals surface area contributed by atoms with Crippen molar-refractivity contribution in [2.24, 2.45) is 0 Å². The molecule has 3 aromatic rings. The molecule has 0 atom stereocenters. The van der Waals surface area contributed by atoms with E-state index in [4.69, 9.17) is 0 Å². The highest BCUT2D eigenvalue weighted by atomic mass is 32.2. The summed E-state index contributed by atoms with van der Waals surface area (Å²) in [6.07, 6.45) is 2.47. The van der Waals surface area contributed by atoms with E-state index in [1.807, 2.05) is 25.1 Å². The van der Waals surface area contributed by atoms with Crippen LogP contribution in [-0.2, 0) is 0 Å². The first-order valence-corrected chi connectivity index (χ1v) is 7.58. The minimum absolute atomic E-state index is 0.605. The zero-order chi connectivity index (χ0) is 13.5. The van der Waals surface area contributed by atoms with Crippen LogP contribution in [0.5, 0.6) is 0 Å². The van der Waals surface area contributed by atoms with Crippen LogP contribution in [0.4, 0.5) is 0 Å². The number of aromatic nitrogens is 4. The third-order valence-corrected chi connectivity index (χ3v) is 4.32. The molecule has 2 aromatic heterocycles. The second-order valence-corrected chi connectivity index (χ2v) is 6.14. The van der Waals surface area contributed by atoms with Crippen molar-refractivity contribution in [2.45, 2.75) is 35.7 Å². The van der Waals surface area contributed by atoms with E-state index in [-0.39, 0.29) is 0 Å². The van der Waals surface area contributed by atoms with Crippen molar-refractivity contribution in [2.75, 3.05) is 0 Å². The molecule has 2 heterocycles. The average molecular weight is 282 g/mol. The second kappa shape index (κ2) is 4.59. The number of H-pyrrole nitrogens is 1. The predicted molar refractivity (Wildman–Crippen MR) is 79.0 cm³/mol. The van der Waals surface area contributed by atoms with Gasteiger partial charge in [-0.05, 0) is 43.7 Å². The maximum Gasteiger partial charge on any atom is 0.194 e. The lowest BCUT2D eigenvalue weighted by atomic mass is 10.4. The molecular weight excluding hydrogens is 268 g/mol. The molecule has 4 rings (SSSR count). The summed E-state index contributed by atoms with van der Waals surface area (Å²) in [6, 6.07) is 10.2. The van der Waals surface area contributed by atoms with Crippen LogP contribution in [-0.4, -0.2) is 19.9 Å². The van der Waals surface area contributed by atoms with Crippen molar-refractivity contribution < 1.29 is 0 Å². The second-order valence-electron chi connectivity index (χ2n) is 5.10. The summed E-state index contributed by atoms with van der Waals surface area (Å²) >= 11 is 1.57. The molecule has 5 heteroatoms. The molecule has 0 radical (unpaired) electrons. The number of hydrogen-bond donors (Lipinski definition) is 1. The van der Waals surface area contributed by atoms with Gasteiger partial charge in [-0.1, -0.05) is 18.2 Å². The Hall–Kier alpha value is -1.88. The summed E-state index contributed by atoms with van der Waals surface area (Å²) in [6.45, 7) is 2.01. The highest BCUT2D eigenvalue weighted by Gasteiger charge is 2.27. The SMILES string of the molecule is Cc1nc(Sc2ccccc2)nc2nc(C3CC3)[nH]c12. The third-order valence-electron chi connectivity index (χ3n) is 3.45. The van der Waals surface area contributed by atoms with Gasteiger partial charge in [0.2, 0.25) is 0 Å². The van der Waals surface area contributed by atoms with Gasteiger partial charge in [-0.25, -0.2) is 15.0 Å². The summed E-state index contributed by atoms with van der Waals surface area (Å²) in [5.41, 5.74) is 2.73. The van der Waals surface area contributed by atoms with Gasteiger partial charge in [0.1, 0.15) is 11.3 Å². The quantitative estimate of drug-likeness (QED) is 0.744. The number of hydrogen-bond acceptors (Lipinski definition) is 4. The first-order chi connectivity index (χ1) is 9.79. The van der Waals surface area contributed by atoms with Gasteiger partial charge in [0.25, 0.3) is 0 Å². The van der Waals surface area contributed by atoms with Crippen LogP contribution < -0.4 is 0 Å². The number of fused-ring (bicyclic) bond motifs is 1. The number of aryl methyl sites for hydroxylation is 1. The zero-order valence-corrected chi connectivity index (χ0v) is 11.9. The predicted octanol–water partition coefficient (Wildman–Crippen LogP) is 3.69. The molecule has 0 saturated heterocycles. The number of imidazole rings is 1. The Morgan fingerprint density at radius 2 is 1.90 bits per heavy atom. The minimum Gasteiger partial charge on any atom is -0.339 e. The van der Waals surface area contributed by atoms with Gasteiger partial charge in [0.15, 0.2) is 10.8 Å². The number of nitrogens with one attached hydrogen (secondary N) is 1. The molecule has 0 bridgehead atoms. The number of rotatable bonds is 3. The van der Waals surface area contributed by atoms with Gasteiger partial charge < -0.3 is 4.98 Å². The molecular formula is C15H14N4S. The first kappa shape index (κ1) is 11.9. The smallest absolute Gasteiger partial charge is 0.194 e. The Morgan fingerprint density at radius 3 is 2.65 bits per heavy atom. The van der Waals surface area contributed by atoms with Crippen LogP contribution in [0.25, 0.3) is 11.2 Å². The normalized spacial score (nSPS) is 14.8. The Kier molecular flexibility index (Phi) is 2.73. The van der Waals surface area contributed by atoms with Crippen LogP contribution in [0.15, 0.2) is 40.4 Å². The van der Waals surface area contributed by atoms with Gasteiger partial charge in [0, 0.05) is 10.8 Å². The van der Waals surface area contributed by atoms with E-state index < -0.39 is 0 Å². The lowest BCUT2D eigenvalue weighted by Gasteiger charge is -2.01. The summed E-state index contributed by atoms with van der Waals surface area (Å²) in [5.74, 6) is 1.67. The Morgan fingerprint density at radius 1 is 1.10 bits per heavy atom. The molecule has 1 aromatic carbocycles. The van der Waals surface area contributed by atoms with E-state index in [1.165, 1.54) is 12.8 Å². The zero-order valence-electron chi connectivity index (χ0n) is 11.1. The van der Waals surface area contributed by atoms with Crippen molar-refractivity contribution in [1.82, 2.24) is 19.9 Å². The van der Waals surface area contributed by atoms with Gasteiger partial charge in [-0.15, -0.1) is 0 Å². The number of nitrogens with zero attached hydrogens (tertiary/aromatic N) is 3. The summed E-state index contributed by atoms with van der Waals surface area (Å²) in [4.78, 5) is 18.3. The Balaban J connectivity index is 1.73. The molecule has 4 nitrogen and oxygen atoms in total. The van der Waals surface area contributed by atoms with Crippen molar-refractivity contribution >= 4 is 22.9 Å². The fraction of sp³-hybridized carbons (Fsp3) is 0.267. The molecule has 1 N–H and O–H groups in total. The molecule has 0 amide bonds. The van der Waals surface area contributed by atoms with E-state index in [0.29, 0.717) is 5.92 Å². The molecule has 0 spiro atoms. The fourth-order valence-corrected chi connectivity index (χ4v) is 3.04. The molecule has 100 valence electrons. The summed E-state index contributed by atoms with van der Waals surface area (Å²) < 4.78 is 0. The van der Waals surface area contributed by atoms with Crippen LogP contribution in [0.3, 0.4) is 0 Å². The van der Waals surface area contributed by atoms with E-state index >= 15 is 0 Å². The minimum atomic E-state index is 0.605. The Bertz CT molecular complexity index is 762. The van der Waals surface area contributed by atoms with E-state index in [9.17, 15) is 0 Å². The number of aromatic amines is 1.